The Kier molecular flexibility index (Phi) is 6.89. The largest absolute Gasteiger partial charge is 0.452 e. The molecule has 150 valence electrons. The summed E-state index contributed by atoms with van der Waals surface area (Å²) < 4.78 is 5.20. The lowest BCUT2D eigenvalue weighted by Gasteiger charge is -2.31. The second-order valence-corrected chi connectivity index (χ2v) is 8.21. The zero-order chi connectivity index (χ0) is 20.7. The summed E-state index contributed by atoms with van der Waals surface area (Å²) in [6.45, 7) is 1.58. The first kappa shape index (κ1) is 20.9. The Bertz CT molecular complexity index is 916. The van der Waals surface area contributed by atoms with E-state index in [1.807, 2.05) is 31.2 Å². The molecule has 29 heavy (non-hydrogen) atoms. The highest BCUT2D eigenvalue weighted by atomic mass is 32.2. The Balaban J connectivity index is 1.61. The third-order valence-corrected chi connectivity index (χ3v) is 5.89. The Labute approximate surface area is 174 Å². The monoisotopic (exact) mass is 409 g/mol. The molecule has 1 aliphatic rings. The minimum Gasteiger partial charge on any atom is -0.452 e. The molecule has 1 heterocycles. The van der Waals surface area contributed by atoms with Gasteiger partial charge in [-0.2, -0.15) is 5.26 Å². The van der Waals surface area contributed by atoms with Crippen molar-refractivity contribution in [3.8, 4) is 6.07 Å². The highest BCUT2D eigenvalue weighted by Crippen LogP contribution is 2.29. The fourth-order valence-corrected chi connectivity index (χ4v) is 4.15. The fraction of sp³-hybridized carbons (Fsp3) is 0.364. The van der Waals surface area contributed by atoms with E-state index in [2.05, 4.69) is 16.4 Å². The zero-order valence-corrected chi connectivity index (χ0v) is 17.1. The number of nitrogens with zero attached hydrogens (tertiary/aromatic N) is 2. The fourth-order valence-electron chi connectivity index (χ4n) is 3.28. The van der Waals surface area contributed by atoms with E-state index < -0.39 is 24.0 Å². The van der Waals surface area contributed by atoms with Gasteiger partial charge in [0.05, 0.1) is 11.6 Å². The van der Waals surface area contributed by atoms with Crippen LogP contribution in [0.25, 0.3) is 0 Å². The Morgan fingerprint density at radius 1 is 1.21 bits per heavy atom. The van der Waals surface area contributed by atoms with Gasteiger partial charge in [0.1, 0.15) is 10.6 Å². The minimum atomic E-state index is -0.845. The molecule has 1 aromatic carbocycles. The predicted molar refractivity (Wildman–Crippen MR) is 109 cm³/mol. The van der Waals surface area contributed by atoms with Crippen LogP contribution in [0.1, 0.15) is 48.0 Å². The van der Waals surface area contributed by atoms with Crippen LogP contribution in [0.3, 0.4) is 0 Å². The number of hydrogen-bond donors (Lipinski definition) is 1. The summed E-state index contributed by atoms with van der Waals surface area (Å²) in [4.78, 5) is 30.0. The number of ether oxygens (including phenoxy) is 1. The maximum absolute atomic E-state index is 12.5. The van der Waals surface area contributed by atoms with Crippen LogP contribution in [-0.4, -0.2) is 29.0 Å². The van der Waals surface area contributed by atoms with Gasteiger partial charge >= 0.3 is 5.97 Å². The number of rotatable bonds is 6. The van der Waals surface area contributed by atoms with Gasteiger partial charge < -0.3 is 10.1 Å². The van der Waals surface area contributed by atoms with Crippen LogP contribution in [0.5, 0.6) is 0 Å². The van der Waals surface area contributed by atoms with E-state index >= 15 is 0 Å². The molecule has 0 aliphatic heterocycles. The van der Waals surface area contributed by atoms with Gasteiger partial charge in [0.2, 0.25) is 0 Å². The Morgan fingerprint density at radius 3 is 2.62 bits per heavy atom. The van der Waals surface area contributed by atoms with Crippen molar-refractivity contribution in [1.82, 2.24) is 10.3 Å². The molecule has 1 aromatic heterocycles. The second-order valence-electron chi connectivity index (χ2n) is 7.15. The SMILES string of the molecule is Cc1ccc(Sc2ncccc2C(=O)OCC(=O)NC2(C#N)CCCCC2)cc1. The Hall–Kier alpha value is -2.85. The van der Waals surface area contributed by atoms with Crippen LogP contribution < -0.4 is 5.32 Å². The summed E-state index contributed by atoms with van der Waals surface area (Å²) in [7, 11) is 0. The van der Waals surface area contributed by atoms with Crippen molar-refractivity contribution >= 4 is 23.6 Å². The quantitative estimate of drug-likeness (QED) is 0.724. The third kappa shape index (κ3) is 5.58. The molecule has 1 amide bonds. The summed E-state index contributed by atoms with van der Waals surface area (Å²) in [5, 5.41) is 12.7. The molecule has 1 saturated carbocycles. The lowest BCUT2D eigenvalue weighted by Crippen LogP contribution is -2.50. The Morgan fingerprint density at radius 2 is 1.93 bits per heavy atom. The molecule has 0 radical (unpaired) electrons. The molecule has 3 rings (SSSR count). The number of amides is 1. The van der Waals surface area contributed by atoms with Crippen LogP contribution in [0, 0.1) is 18.3 Å². The molecular formula is C22H23N3O3S. The van der Waals surface area contributed by atoms with Crippen molar-refractivity contribution in [2.45, 2.75) is 54.5 Å². The first-order valence-corrected chi connectivity index (χ1v) is 10.4. The van der Waals surface area contributed by atoms with Gasteiger partial charge in [0.15, 0.2) is 6.61 Å². The second kappa shape index (κ2) is 9.57. The summed E-state index contributed by atoms with van der Waals surface area (Å²) in [6.07, 6.45) is 5.74. The standard InChI is InChI=1S/C22H23N3O3S/c1-16-7-9-17(10-8-16)29-20-18(6-5-13-24-20)21(27)28-14-19(26)25-22(15-23)11-3-2-4-12-22/h5-10,13H,2-4,11-12,14H2,1H3,(H,25,26). The molecule has 2 aromatic rings. The van der Waals surface area contributed by atoms with E-state index in [-0.39, 0.29) is 0 Å². The number of hydrogen-bond acceptors (Lipinski definition) is 6. The maximum atomic E-state index is 12.5. The molecule has 0 unspecified atom stereocenters. The van der Waals surface area contributed by atoms with Crippen molar-refractivity contribution in [1.29, 1.82) is 5.26 Å². The van der Waals surface area contributed by atoms with E-state index in [9.17, 15) is 14.9 Å². The molecule has 1 aliphatic carbocycles. The van der Waals surface area contributed by atoms with Gasteiger partial charge in [-0.1, -0.05) is 48.7 Å². The molecule has 6 nitrogen and oxygen atoms in total. The predicted octanol–water partition coefficient (Wildman–Crippen LogP) is 4.04. The smallest absolute Gasteiger partial charge is 0.341 e. The number of carbonyl (C=O) groups is 2. The summed E-state index contributed by atoms with van der Waals surface area (Å²) in [5.41, 5.74) is 0.607. The van der Waals surface area contributed by atoms with Gasteiger partial charge in [-0.3, -0.25) is 4.79 Å². The maximum Gasteiger partial charge on any atom is 0.341 e. The van der Waals surface area contributed by atoms with E-state index in [1.165, 1.54) is 11.8 Å². The minimum absolute atomic E-state index is 0.304. The average Bonchev–Trinajstić information content (AvgIpc) is 2.75. The lowest BCUT2D eigenvalue weighted by atomic mass is 9.83. The highest BCUT2D eigenvalue weighted by Gasteiger charge is 2.33. The van der Waals surface area contributed by atoms with E-state index in [1.54, 1.807) is 18.3 Å². The first-order valence-electron chi connectivity index (χ1n) is 9.60. The van der Waals surface area contributed by atoms with E-state index in [0.717, 1.165) is 29.7 Å². The number of nitrogens with one attached hydrogen (secondary N) is 1. The first-order chi connectivity index (χ1) is 14.0. The van der Waals surface area contributed by atoms with Gasteiger partial charge in [-0.05, 0) is 44.0 Å². The van der Waals surface area contributed by atoms with Crippen LogP contribution in [0.15, 0.2) is 52.5 Å². The third-order valence-electron chi connectivity index (χ3n) is 4.86. The summed E-state index contributed by atoms with van der Waals surface area (Å²) in [6, 6.07) is 13.4. The normalized spacial score (nSPS) is 15.2. The molecule has 0 spiro atoms. The van der Waals surface area contributed by atoms with Crippen LogP contribution >= 0.6 is 11.8 Å². The molecule has 0 atom stereocenters. The molecule has 0 bridgehead atoms. The number of nitriles is 1. The van der Waals surface area contributed by atoms with E-state index in [0.29, 0.717) is 23.4 Å². The van der Waals surface area contributed by atoms with Crippen LogP contribution in [-0.2, 0) is 9.53 Å². The number of aromatic nitrogens is 1. The topological polar surface area (TPSA) is 92.1 Å². The summed E-state index contributed by atoms with van der Waals surface area (Å²) in [5.74, 6) is -1.07. The summed E-state index contributed by atoms with van der Waals surface area (Å²) >= 11 is 1.36. The van der Waals surface area contributed by atoms with E-state index in [4.69, 9.17) is 4.74 Å². The number of esters is 1. The van der Waals surface area contributed by atoms with Crippen molar-refractivity contribution in [2.24, 2.45) is 0 Å². The van der Waals surface area contributed by atoms with Gasteiger partial charge in [-0.15, -0.1) is 0 Å². The molecular weight excluding hydrogens is 386 g/mol. The van der Waals surface area contributed by atoms with Crippen molar-refractivity contribution in [2.75, 3.05) is 6.61 Å². The lowest BCUT2D eigenvalue weighted by molar-refractivity contribution is -0.125. The van der Waals surface area contributed by atoms with Crippen molar-refractivity contribution in [3.63, 3.8) is 0 Å². The van der Waals surface area contributed by atoms with Crippen LogP contribution in [0.4, 0.5) is 0 Å². The molecule has 7 heteroatoms. The van der Waals surface area contributed by atoms with Gasteiger partial charge in [0.25, 0.3) is 5.91 Å². The number of aryl methyl sites for hydroxylation is 1. The molecule has 1 fully saturated rings. The van der Waals surface area contributed by atoms with Gasteiger partial charge in [0, 0.05) is 11.1 Å². The van der Waals surface area contributed by atoms with Crippen molar-refractivity contribution in [3.05, 3.63) is 53.7 Å². The molecule has 0 saturated heterocycles. The highest BCUT2D eigenvalue weighted by molar-refractivity contribution is 7.99. The number of benzene rings is 1. The molecule has 1 N–H and O–H groups in total. The number of pyridine rings is 1. The van der Waals surface area contributed by atoms with Crippen LogP contribution in [0.2, 0.25) is 0 Å². The number of carbonyl (C=O) groups excluding carboxylic acids is 2. The average molecular weight is 410 g/mol. The zero-order valence-electron chi connectivity index (χ0n) is 16.3. The van der Waals surface area contributed by atoms with Gasteiger partial charge in [-0.25, -0.2) is 9.78 Å². The van der Waals surface area contributed by atoms with Crippen molar-refractivity contribution < 1.29 is 14.3 Å².